The van der Waals surface area contributed by atoms with Crippen molar-refractivity contribution in [3.05, 3.63) is 35.5 Å². The molecule has 0 spiro atoms. The first-order chi connectivity index (χ1) is 9.63. The van der Waals surface area contributed by atoms with Gasteiger partial charge in [-0.1, -0.05) is 17.8 Å². The van der Waals surface area contributed by atoms with Crippen molar-refractivity contribution in [3.63, 3.8) is 0 Å². The van der Waals surface area contributed by atoms with Crippen molar-refractivity contribution in [3.8, 4) is 0 Å². The molecule has 0 saturated heterocycles. The summed E-state index contributed by atoms with van der Waals surface area (Å²) in [5, 5.41) is 15.8. The zero-order valence-corrected chi connectivity index (χ0v) is 11.9. The van der Waals surface area contributed by atoms with Crippen LogP contribution < -0.4 is 10.4 Å². The summed E-state index contributed by atoms with van der Waals surface area (Å²) in [5.74, 6) is -1.19. The quantitative estimate of drug-likeness (QED) is 0.784. The highest BCUT2D eigenvalue weighted by atomic mass is 32.2. The zero-order valence-electron chi connectivity index (χ0n) is 10.2. The molecule has 0 radical (unpaired) electrons. The molecule has 8 heteroatoms. The Hall–Kier alpha value is -1.93. The Labute approximate surface area is 123 Å². The number of nitrogens with zero attached hydrogens (tertiary/aromatic N) is 2. The number of aliphatic carboxylic acids is 1. The number of hydrogen-bond donors (Lipinski definition) is 1. The summed E-state index contributed by atoms with van der Waals surface area (Å²) in [4.78, 5) is 30.2. The lowest BCUT2D eigenvalue weighted by molar-refractivity contribution is -0.304. The highest BCUT2D eigenvalue weighted by Crippen LogP contribution is 2.18. The van der Waals surface area contributed by atoms with E-state index in [1.807, 2.05) is 12.1 Å². The summed E-state index contributed by atoms with van der Waals surface area (Å²) in [6, 6.07) is 5.47. The van der Waals surface area contributed by atoms with Gasteiger partial charge in [-0.2, -0.15) is 0 Å². The van der Waals surface area contributed by atoms with E-state index in [1.54, 1.807) is 17.6 Å². The van der Waals surface area contributed by atoms with Gasteiger partial charge in [0.25, 0.3) is 0 Å². The normalized spacial score (nSPS) is 10.2. The van der Waals surface area contributed by atoms with Gasteiger partial charge in [0, 0.05) is 24.0 Å². The van der Waals surface area contributed by atoms with Crippen LogP contribution in [-0.4, -0.2) is 27.6 Å². The largest absolute Gasteiger partial charge is 0.550 e. The van der Waals surface area contributed by atoms with Crippen LogP contribution >= 0.6 is 23.1 Å². The van der Waals surface area contributed by atoms with Crippen molar-refractivity contribution in [2.75, 3.05) is 11.1 Å². The molecule has 0 atom stereocenters. The second-order valence-corrected chi connectivity index (χ2v) is 5.55. The third-order valence-corrected chi connectivity index (χ3v) is 3.86. The van der Waals surface area contributed by atoms with Crippen LogP contribution in [0.4, 0.5) is 5.13 Å². The number of hydrogen-bond acceptors (Lipinski definition) is 7. The first kappa shape index (κ1) is 14.5. The number of nitrogens with one attached hydrogen (secondary N) is 1. The summed E-state index contributed by atoms with van der Waals surface area (Å²) in [6.07, 6.45) is 1.41. The molecule has 0 aliphatic heterocycles. The number of carbonyl (C=O) groups excluding carboxylic acids is 2. The Kier molecular flexibility index (Phi) is 5.08. The lowest BCUT2D eigenvalue weighted by Crippen LogP contribution is -2.24. The molecule has 2 aromatic heterocycles. The van der Waals surface area contributed by atoms with Gasteiger partial charge in [-0.05, 0) is 12.1 Å². The van der Waals surface area contributed by atoms with Crippen LogP contribution in [0.15, 0.2) is 34.8 Å². The minimum absolute atomic E-state index is 0.213. The van der Waals surface area contributed by atoms with E-state index in [0.29, 0.717) is 10.8 Å². The molecular weight excluding hydrogens is 298 g/mol. The predicted molar refractivity (Wildman–Crippen MR) is 74.4 cm³/mol. The molecule has 6 nitrogen and oxygen atoms in total. The molecule has 1 amide bonds. The van der Waals surface area contributed by atoms with Gasteiger partial charge in [-0.3, -0.25) is 4.79 Å². The van der Waals surface area contributed by atoms with Gasteiger partial charge in [0.15, 0.2) is 5.13 Å². The van der Waals surface area contributed by atoms with E-state index in [1.165, 1.54) is 23.1 Å². The topological polar surface area (TPSA) is 95.0 Å². The SMILES string of the molecule is O=C([O-])Cc1csc(NC(=O)CSc2ccccn2)n1. The number of pyridine rings is 1. The highest BCUT2D eigenvalue weighted by molar-refractivity contribution is 7.99. The fourth-order valence-corrected chi connectivity index (χ4v) is 2.71. The second kappa shape index (κ2) is 7.01. The molecule has 2 aromatic rings. The molecule has 0 saturated carbocycles. The molecule has 0 aromatic carbocycles. The van der Waals surface area contributed by atoms with E-state index < -0.39 is 5.97 Å². The second-order valence-electron chi connectivity index (χ2n) is 3.70. The Morgan fingerprint density at radius 1 is 1.40 bits per heavy atom. The van der Waals surface area contributed by atoms with Gasteiger partial charge in [0.05, 0.1) is 16.5 Å². The number of carboxylic acid groups (broad SMARTS) is 1. The number of thiazole rings is 1. The summed E-state index contributed by atoms with van der Waals surface area (Å²) < 4.78 is 0. The van der Waals surface area contributed by atoms with Crippen molar-refractivity contribution in [2.24, 2.45) is 0 Å². The van der Waals surface area contributed by atoms with Gasteiger partial charge in [0.1, 0.15) is 0 Å². The van der Waals surface area contributed by atoms with Crippen LogP contribution in [0.2, 0.25) is 0 Å². The van der Waals surface area contributed by atoms with Crippen LogP contribution in [0.5, 0.6) is 0 Å². The first-order valence-corrected chi connectivity index (χ1v) is 7.48. The average molecular weight is 308 g/mol. The van der Waals surface area contributed by atoms with E-state index in [4.69, 9.17) is 0 Å². The van der Waals surface area contributed by atoms with E-state index in [2.05, 4.69) is 15.3 Å². The average Bonchev–Trinajstić information content (AvgIpc) is 2.84. The fraction of sp³-hybridized carbons (Fsp3) is 0.167. The van der Waals surface area contributed by atoms with Crippen molar-refractivity contribution in [1.82, 2.24) is 9.97 Å². The third kappa shape index (κ3) is 4.63. The maximum absolute atomic E-state index is 11.7. The van der Waals surface area contributed by atoms with Crippen LogP contribution in [0.25, 0.3) is 0 Å². The van der Waals surface area contributed by atoms with Crippen molar-refractivity contribution >= 4 is 40.1 Å². The fourth-order valence-electron chi connectivity index (χ4n) is 1.32. The number of aromatic nitrogens is 2. The smallest absolute Gasteiger partial charge is 0.236 e. The van der Waals surface area contributed by atoms with E-state index in [9.17, 15) is 14.7 Å². The van der Waals surface area contributed by atoms with Gasteiger partial charge in [-0.25, -0.2) is 9.97 Å². The third-order valence-electron chi connectivity index (χ3n) is 2.11. The number of thioether (sulfide) groups is 1. The monoisotopic (exact) mass is 308 g/mol. The Morgan fingerprint density at radius 2 is 2.25 bits per heavy atom. The molecule has 0 fully saturated rings. The Morgan fingerprint density at radius 3 is 2.95 bits per heavy atom. The van der Waals surface area contributed by atoms with E-state index in [0.717, 1.165) is 5.03 Å². The Bertz CT molecular complexity index is 601. The molecule has 104 valence electrons. The highest BCUT2D eigenvalue weighted by Gasteiger charge is 2.08. The lowest BCUT2D eigenvalue weighted by atomic mass is 10.3. The standard InChI is InChI=1S/C12H11N3O3S2/c16-9(7-19-10-3-1-2-4-13-10)15-12-14-8(6-20-12)5-11(17)18/h1-4,6H,5,7H2,(H,17,18)(H,14,15,16)/p-1. The molecular formula is C12H10N3O3S2-. The van der Waals surface area contributed by atoms with Crippen LogP contribution in [0.1, 0.15) is 5.69 Å². The molecule has 0 aliphatic rings. The first-order valence-electron chi connectivity index (χ1n) is 5.61. The summed E-state index contributed by atoms with van der Waals surface area (Å²) in [5.41, 5.74) is 0.377. The Balaban J connectivity index is 1.82. The summed E-state index contributed by atoms with van der Waals surface area (Å²) in [6.45, 7) is 0. The minimum Gasteiger partial charge on any atom is -0.550 e. The number of carboxylic acids is 1. The van der Waals surface area contributed by atoms with Crippen molar-refractivity contribution in [2.45, 2.75) is 11.4 Å². The van der Waals surface area contributed by atoms with E-state index >= 15 is 0 Å². The molecule has 0 unspecified atom stereocenters. The number of rotatable bonds is 6. The molecule has 2 rings (SSSR count). The predicted octanol–water partition coefficient (Wildman–Crippen LogP) is 0.561. The number of amides is 1. The van der Waals surface area contributed by atoms with Crippen molar-refractivity contribution in [1.29, 1.82) is 0 Å². The molecule has 2 heterocycles. The summed E-state index contributed by atoms with van der Waals surface area (Å²) in [7, 11) is 0. The summed E-state index contributed by atoms with van der Waals surface area (Å²) >= 11 is 2.50. The molecule has 0 bridgehead atoms. The molecule has 1 N–H and O–H groups in total. The van der Waals surface area contributed by atoms with Gasteiger partial charge < -0.3 is 15.2 Å². The van der Waals surface area contributed by atoms with E-state index in [-0.39, 0.29) is 18.1 Å². The minimum atomic E-state index is -1.20. The molecule has 20 heavy (non-hydrogen) atoms. The van der Waals surface area contributed by atoms with Crippen LogP contribution in [0.3, 0.4) is 0 Å². The van der Waals surface area contributed by atoms with Gasteiger partial charge in [-0.15, -0.1) is 11.3 Å². The number of anilines is 1. The zero-order chi connectivity index (χ0) is 14.4. The van der Waals surface area contributed by atoms with Gasteiger partial charge >= 0.3 is 0 Å². The lowest BCUT2D eigenvalue weighted by Gasteiger charge is -2.01. The van der Waals surface area contributed by atoms with Crippen LogP contribution in [0, 0.1) is 0 Å². The van der Waals surface area contributed by atoms with Crippen molar-refractivity contribution < 1.29 is 14.7 Å². The number of carbonyl (C=O) groups is 2. The maximum Gasteiger partial charge on any atom is 0.236 e. The maximum atomic E-state index is 11.7. The van der Waals surface area contributed by atoms with Gasteiger partial charge in [0.2, 0.25) is 5.91 Å². The molecule has 0 aliphatic carbocycles. The van der Waals surface area contributed by atoms with Crippen LogP contribution in [-0.2, 0) is 16.0 Å².